The third-order valence-electron chi connectivity index (χ3n) is 3.27. The number of carbonyl (C=O) groups excluding carboxylic acids is 2. The van der Waals surface area contributed by atoms with Gasteiger partial charge in [-0.25, -0.2) is 4.98 Å². The molecule has 1 unspecified atom stereocenters. The number of nitrogens with zero attached hydrogens (tertiary/aromatic N) is 2. The van der Waals surface area contributed by atoms with E-state index in [1.807, 2.05) is 13.0 Å². The van der Waals surface area contributed by atoms with Crippen LogP contribution in [0.5, 0.6) is 0 Å². The average molecular weight is 277 g/mol. The maximum Gasteiger partial charge on any atom is 0.251 e. The van der Waals surface area contributed by atoms with Gasteiger partial charge in [0.25, 0.3) is 5.91 Å². The van der Waals surface area contributed by atoms with Gasteiger partial charge in [-0.3, -0.25) is 9.59 Å². The molecule has 1 aliphatic heterocycles. The minimum Gasteiger partial charge on any atom is -0.383 e. The van der Waals surface area contributed by atoms with Gasteiger partial charge in [0.15, 0.2) is 0 Å². The summed E-state index contributed by atoms with van der Waals surface area (Å²) in [5.41, 5.74) is 1.01. The fourth-order valence-electron chi connectivity index (χ4n) is 2.14. The van der Waals surface area contributed by atoms with Gasteiger partial charge in [-0.2, -0.15) is 0 Å². The molecule has 2 amide bonds. The number of rotatable bonds is 3. The maximum absolute atomic E-state index is 11.9. The number of amides is 2. The van der Waals surface area contributed by atoms with Crippen LogP contribution in [-0.2, 0) is 9.59 Å². The molecule has 1 aliphatic rings. The number of aryl methyl sites for hydroxylation is 1. The second kappa shape index (κ2) is 6.47. The number of aliphatic hydroxyl groups excluding tert-OH is 1. The van der Waals surface area contributed by atoms with Crippen LogP contribution >= 0.6 is 0 Å². The third kappa shape index (κ3) is 3.77. The largest absolute Gasteiger partial charge is 0.383 e. The molecule has 1 fully saturated rings. The van der Waals surface area contributed by atoms with Gasteiger partial charge in [0.05, 0.1) is 6.54 Å². The first-order valence-electron chi connectivity index (χ1n) is 6.75. The summed E-state index contributed by atoms with van der Waals surface area (Å²) in [5, 5.41) is 12.3. The molecular formula is C14H19N3O3. The van der Waals surface area contributed by atoms with Gasteiger partial charge in [0, 0.05) is 12.7 Å². The van der Waals surface area contributed by atoms with E-state index in [1.165, 1.54) is 4.90 Å². The lowest BCUT2D eigenvalue weighted by Crippen LogP contribution is -2.42. The van der Waals surface area contributed by atoms with Crippen LogP contribution in [0.3, 0.4) is 0 Å². The Hall–Kier alpha value is -1.95. The van der Waals surface area contributed by atoms with Crippen molar-refractivity contribution in [1.82, 2.24) is 9.88 Å². The zero-order valence-corrected chi connectivity index (χ0v) is 11.5. The predicted molar refractivity (Wildman–Crippen MR) is 74.0 cm³/mol. The number of aromatic nitrogens is 1. The molecule has 0 saturated carbocycles. The first-order valence-corrected chi connectivity index (χ1v) is 6.75. The van der Waals surface area contributed by atoms with E-state index in [-0.39, 0.29) is 18.4 Å². The van der Waals surface area contributed by atoms with Crippen molar-refractivity contribution in [1.29, 1.82) is 0 Å². The summed E-state index contributed by atoms with van der Waals surface area (Å²) < 4.78 is 0. The SMILES string of the molecule is Cc1ccc(NC(=O)CN2CCCCC(O)C2=O)nc1. The lowest BCUT2D eigenvalue weighted by atomic mass is 10.2. The van der Waals surface area contributed by atoms with Crippen LogP contribution in [0.15, 0.2) is 18.3 Å². The smallest absolute Gasteiger partial charge is 0.251 e. The van der Waals surface area contributed by atoms with Crippen molar-refractivity contribution in [2.24, 2.45) is 0 Å². The molecule has 6 nitrogen and oxygen atoms in total. The van der Waals surface area contributed by atoms with Gasteiger partial charge in [-0.15, -0.1) is 0 Å². The van der Waals surface area contributed by atoms with E-state index < -0.39 is 6.10 Å². The fourth-order valence-corrected chi connectivity index (χ4v) is 2.14. The summed E-state index contributed by atoms with van der Waals surface area (Å²) in [5.74, 6) is -0.207. The Morgan fingerprint density at radius 1 is 1.50 bits per heavy atom. The van der Waals surface area contributed by atoms with Gasteiger partial charge in [-0.1, -0.05) is 6.07 Å². The molecule has 1 atom stereocenters. The van der Waals surface area contributed by atoms with Crippen molar-refractivity contribution in [3.05, 3.63) is 23.9 Å². The standard InChI is InChI=1S/C14H19N3O3/c1-10-5-6-12(15-8-10)16-13(19)9-17-7-3-2-4-11(18)14(17)20/h5-6,8,11,18H,2-4,7,9H2,1H3,(H,15,16,19). The highest BCUT2D eigenvalue weighted by Gasteiger charge is 2.26. The normalized spacial score (nSPS) is 19.6. The molecule has 2 rings (SSSR count). The van der Waals surface area contributed by atoms with Crippen molar-refractivity contribution >= 4 is 17.6 Å². The number of carbonyl (C=O) groups is 2. The average Bonchev–Trinajstić information content (AvgIpc) is 2.57. The number of pyridine rings is 1. The maximum atomic E-state index is 11.9. The zero-order chi connectivity index (χ0) is 14.5. The first-order chi connectivity index (χ1) is 9.56. The lowest BCUT2D eigenvalue weighted by molar-refractivity contribution is -0.141. The van der Waals surface area contributed by atoms with Crippen molar-refractivity contribution in [3.63, 3.8) is 0 Å². The summed E-state index contributed by atoms with van der Waals surface area (Å²) in [6, 6.07) is 3.57. The van der Waals surface area contributed by atoms with Crippen molar-refractivity contribution in [3.8, 4) is 0 Å². The molecule has 1 saturated heterocycles. The molecule has 2 heterocycles. The van der Waals surface area contributed by atoms with Crippen LogP contribution in [0.2, 0.25) is 0 Å². The molecule has 0 spiro atoms. The number of nitrogens with one attached hydrogen (secondary N) is 1. The van der Waals surface area contributed by atoms with E-state index in [1.54, 1.807) is 12.3 Å². The molecule has 2 N–H and O–H groups in total. The third-order valence-corrected chi connectivity index (χ3v) is 3.27. The Morgan fingerprint density at radius 3 is 3.00 bits per heavy atom. The molecule has 0 radical (unpaired) electrons. The van der Waals surface area contributed by atoms with Gasteiger partial charge >= 0.3 is 0 Å². The van der Waals surface area contributed by atoms with Crippen molar-refractivity contribution in [2.75, 3.05) is 18.4 Å². The summed E-state index contributed by atoms with van der Waals surface area (Å²) in [7, 11) is 0. The number of aliphatic hydroxyl groups is 1. The molecule has 0 bridgehead atoms. The Kier molecular flexibility index (Phi) is 4.68. The minimum absolute atomic E-state index is 0.0501. The van der Waals surface area contributed by atoms with E-state index >= 15 is 0 Å². The summed E-state index contributed by atoms with van der Waals surface area (Å²) in [6.45, 7) is 2.37. The second-order valence-electron chi connectivity index (χ2n) is 5.04. The minimum atomic E-state index is -0.984. The molecule has 1 aromatic heterocycles. The van der Waals surface area contributed by atoms with Crippen LogP contribution in [0.1, 0.15) is 24.8 Å². The van der Waals surface area contributed by atoms with Crippen molar-refractivity contribution in [2.45, 2.75) is 32.3 Å². The number of hydrogen-bond donors (Lipinski definition) is 2. The first kappa shape index (κ1) is 14.5. The van der Waals surface area contributed by atoms with Crippen LogP contribution < -0.4 is 5.32 Å². The fraction of sp³-hybridized carbons (Fsp3) is 0.500. The highest BCUT2D eigenvalue weighted by molar-refractivity contribution is 5.94. The topological polar surface area (TPSA) is 82.5 Å². The van der Waals surface area contributed by atoms with Crippen LogP contribution in [0, 0.1) is 6.92 Å². The van der Waals surface area contributed by atoms with Gasteiger partial charge in [-0.05, 0) is 37.8 Å². The van der Waals surface area contributed by atoms with Crippen molar-refractivity contribution < 1.29 is 14.7 Å². The Balaban J connectivity index is 1.93. The van der Waals surface area contributed by atoms with Gasteiger partial charge in [0.1, 0.15) is 11.9 Å². The molecule has 0 aliphatic carbocycles. The van der Waals surface area contributed by atoms with Crippen LogP contribution in [0.25, 0.3) is 0 Å². The van der Waals surface area contributed by atoms with Crippen LogP contribution in [0.4, 0.5) is 5.82 Å². The second-order valence-corrected chi connectivity index (χ2v) is 5.04. The molecule has 108 valence electrons. The quantitative estimate of drug-likeness (QED) is 0.852. The summed E-state index contributed by atoms with van der Waals surface area (Å²) >= 11 is 0. The zero-order valence-electron chi connectivity index (χ0n) is 11.5. The Bertz CT molecular complexity index is 487. The summed E-state index contributed by atoms with van der Waals surface area (Å²) in [6.07, 6.45) is 2.75. The lowest BCUT2D eigenvalue weighted by Gasteiger charge is -2.21. The van der Waals surface area contributed by atoms with Gasteiger partial charge in [0.2, 0.25) is 5.91 Å². The highest BCUT2D eigenvalue weighted by Crippen LogP contribution is 2.12. The molecule has 1 aromatic rings. The molecule has 0 aromatic carbocycles. The Labute approximate surface area is 117 Å². The van der Waals surface area contributed by atoms with E-state index in [0.717, 1.165) is 18.4 Å². The van der Waals surface area contributed by atoms with E-state index in [4.69, 9.17) is 0 Å². The molecule has 6 heteroatoms. The summed E-state index contributed by atoms with van der Waals surface area (Å²) in [4.78, 5) is 29.2. The van der Waals surface area contributed by atoms with E-state index in [9.17, 15) is 14.7 Å². The molecular weight excluding hydrogens is 258 g/mol. The number of hydrogen-bond acceptors (Lipinski definition) is 4. The number of anilines is 1. The van der Waals surface area contributed by atoms with E-state index in [2.05, 4.69) is 10.3 Å². The van der Waals surface area contributed by atoms with Gasteiger partial charge < -0.3 is 15.3 Å². The Morgan fingerprint density at radius 2 is 2.30 bits per heavy atom. The number of likely N-dealkylation sites (tertiary alicyclic amines) is 1. The predicted octanol–water partition coefficient (Wildman–Crippen LogP) is 0.702. The van der Waals surface area contributed by atoms with Crippen LogP contribution in [-0.4, -0.2) is 46.0 Å². The molecule has 20 heavy (non-hydrogen) atoms. The highest BCUT2D eigenvalue weighted by atomic mass is 16.3. The van der Waals surface area contributed by atoms with E-state index in [0.29, 0.717) is 18.8 Å². The monoisotopic (exact) mass is 277 g/mol.